The SMILES string of the molecule is CC(C)(O)c1ncc(-c2ccc3c(=O)n4n(c3c2)C(c2ccccc2OC(F)F)CC4)cn1.CC(C)(O)c1ncc(-c2ccc3c(=O)n4n(c3c2)[C@@H](c2ccccc2OC(F)F)CC4)cn1.O=c1c2ccc(Br)cc2n2n1CCC2c1ccccc1OC(F)F. The summed E-state index contributed by atoms with van der Waals surface area (Å²) >= 11 is 3.42. The van der Waals surface area contributed by atoms with Gasteiger partial charge in [0, 0.05) is 76.7 Å². The van der Waals surface area contributed by atoms with Gasteiger partial charge in [0.25, 0.3) is 16.7 Å². The molecule has 3 atom stereocenters. The highest BCUT2D eigenvalue weighted by atomic mass is 79.9. The van der Waals surface area contributed by atoms with Crippen molar-refractivity contribution in [1.29, 1.82) is 0 Å². The minimum absolute atomic E-state index is 0.0627. The number of nitrogens with zero attached hydrogens (tertiary/aromatic N) is 10. The number of hydrogen-bond donors (Lipinski definition) is 2. The van der Waals surface area contributed by atoms with Crippen molar-refractivity contribution in [2.45, 2.75) is 116 Å². The Morgan fingerprint density at radius 1 is 0.444 bits per heavy atom. The van der Waals surface area contributed by atoms with Gasteiger partial charge >= 0.3 is 19.8 Å². The lowest BCUT2D eigenvalue weighted by molar-refractivity contribution is -0.0513. The number of benzene rings is 6. The molecule has 25 heteroatoms. The summed E-state index contributed by atoms with van der Waals surface area (Å²) in [5, 5.41) is 21.9. The monoisotopic (exact) mass is 1300 g/mol. The van der Waals surface area contributed by atoms with E-state index in [1.165, 1.54) is 18.2 Å². The fourth-order valence-electron chi connectivity index (χ4n) is 12.2. The van der Waals surface area contributed by atoms with Gasteiger partial charge in [0.1, 0.15) is 28.5 Å². The highest BCUT2D eigenvalue weighted by molar-refractivity contribution is 9.10. The lowest BCUT2D eigenvalue weighted by Crippen LogP contribution is -2.19. The lowest BCUT2D eigenvalue weighted by Gasteiger charge is -2.18. The predicted octanol–water partition coefficient (Wildman–Crippen LogP) is 12.3. The minimum Gasteiger partial charge on any atom is -0.434 e. The molecule has 0 aliphatic carbocycles. The molecular formula is C65H57BrF6N10O8. The summed E-state index contributed by atoms with van der Waals surface area (Å²) < 4.78 is 103. The van der Waals surface area contributed by atoms with E-state index in [4.69, 9.17) is 9.47 Å². The Morgan fingerprint density at radius 3 is 1.06 bits per heavy atom. The summed E-state index contributed by atoms with van der Waals surface area (Å²) in [5.41, 5.74) is 4.46. The zero-order valence-electron chi connectivity index (χ0n) is 48.6. The Bertz CT molecular complexity index is 4470. The quantitative estimate of drug-likeness (QED) is 0.104. The Kier molecular flexibility index (Phi) is 16.4. The molecule has 0 saturated heterocycles. The van der Waals surface area contributed by atoms with E-state index in [2.05, 4.69) is 40.6 Å². The van der Waals surface area contributed by atoms with Gasteiger partial charge in [0.15, 0.2) is 11.6 Å². The average Bonchev–Trinajstić information content (AvgIpc) is 1.62. The van der Waals surface area contributed by atoms with E-state index in [0.717, 1.165) is 32.2 Å². The molecule has 2 N–H and O–H groups in total. The second-order valence-electron chi connectivity index (χ2n) is 22.8. The van der Waals surface area contributed by atoms with Gasteiger partial charge in [-0.15, -0.1) is 0 Å². The molecule has 90 heavy (non-hydrogen) atoms. The van der Waals surface area contributed by atoms with Crippen LogP contribution in [-0.4, -0.2) is 78.1 Å². The smallest absolute Gasteiger partial charge is 0.387 e. The second-order valence-corrected chi connectivity index (χ2v) is 23.7. The normalized spacial score (nSPS) is 16.1. The first-order chi connectivity index (χ1) is 43.0. The molecule has 3 aliphatic rings. The molecule has 0 radical (unpaired) electrons. The fraction of sp³-hybridized carbons (Fsp3) is 0.277. The van der Waals surface area contributed by atoms with E-state index in [-0.39, 0.29) is 52.1 Å². The summed E-state index contributed by atoms with van der Waals surface area (Å²) in [6, 6.07) is 35.6. The maximum atomic E-state index is 13.0. The van der Waals surface area contributed by atoms with Crippen LogP contribution in [0.2, 0.25) is 0 Å². The highest BCUT2D eigenvalue weighted by Gasteiger charge is 2.34. The molecule has 11 aromatic rings. The van der Waals surface area contributed by atoms with Crippen molar-refractivity contribution in [2.75, 3.05) is 0 Å². The van der Waals surface area contributed by atoms with Crippen LogP contribution < -0.4 is 30.9 Å². The molecule has 0 bridgehead atoms. The van der Waals surface area contributed by atoms with Crippen molar-refractivity contribution < 1.29 is 50.8 Å². The highest BCUT2D eigenvalue weighted by Crippen LogP contribution is 2.41. The zero-order chi connectivity index (χ0) is 63.5. The van der Waals surface area contributed by atoms with Crippen molar-refractivity contribution in [2.24, 2.45) is 0 Å². The number of aromatic nitrogens is 10. The number of halogens is 7. The molecule has 0 spiro atoms. The number of para-hydroxylation sites is 3. The minimum atomic E-state index is -2.94. The molecule has 14 rings (SSSR count). The van der Waals surface area contributed by atoms with Crippen LogP contribution in [0.5, 0.6) is 17.2 Å². The number of aliphatic hydroxyl groups is 2. The molecular weight excluding hydrogens is 1240 g/mol. The Morgan fingerprint density at radius 2 is 0.744 bits per heavy atom. The van der Waals surface area contributed by atoms with E-state index >= 15 is 0 Å². The van der Waals surface area contributed by atoms with Gasteiger partial charge in [0.05, 0.1) is 50.8 Å². The Hall–Kier alpha value is -9.33. The van der Waals surface area contributed by atoms with Crippen LogP contribution in [0.25, 0.3) is 55.0 Å². The molecule has 0 amide bonds. The van der Waals surface area contributed by atoms with Crippen molar-refractivity contribution in [3.63, 3.8) is 0 Å². The van der Waals surface area contributed by atoms with E-state index in [1.54, 1.807) is 139 Å². The standard InChI is InChI=1S/2C24H22F2N4O3.C17H13BrF2N2O2/c2*1-24(2,32)22-27-12-15(13-28-22)14-7-8-17-19(11-14)30-18(9-10-29(30)21(17)31)16-5-3-4-6-20(16)33-23(25)26;18-10-5-6-12-14(9-10)22-13(7-8-21(22)16(12)23)11-3-1-2-4-15(11)24-17(19)20/h2*3-8,11-13,18,23,32H,9-10H2,1-2H3;1-6,9,13,17H,7-8H2/t18-;;/m1../s1. The third-order valence-corrected chi connectivity index (χ3v) is 16.6. The molecule has 6 aromatic carbocycles. The zero-order valence-corrected chi connectivity index (χ0v) is 50.2. The maximum Gasteiger partial charge on any atom is 0.387 e. The fourth-order valence-corrected chi connectivity index (χ4v) is 12.6. The van der Waals surface area contributed by atoms with Gasteiger partial charge in [-0.05, 0) is 119 Å². The van der Waals surface area contributed by atoms with Crippen molar-refractivity contribution in [1.82, 2.24) is 48.0 Å². The molecule has 0 fully saturated rings. The summed E-state index contributed by atoms with van der Waals surface area (Å²) in [5.74, 6) is 0.974. The van der Waals surface area contributed by atoms with Gasteiger partial charge in [-0.25, -0.2) is 34.0 Å². The van der Waals surface area contributed by atoms with Crippen LogP contribution in [0.15, 0.2) is 171 Å². The summed E-state index contributed by atoms with van der Waals surface area (Å²) in [6.45, 7) is -0.823. The van der Waals surface area contributed by atoms with E-state index in [1.807, 2.05) is 50.4 Å². The molecule has 0 saturated carbocycles. The Labute approximate surface area is 516 Å². The molecule has 3 aliphatic heterocycles. The van der Waals surface area contributed by atoms with Gasteiger partial charge < -0.3 is 24.4 Å². The second kappa shape index (κ2) is 24.2. The van der Waals surface area contributed by atoms with Gasteiger partial charge in [0.2, 0.25) is 0 Å². The van der Waals surface area contributed by atoms with Crippen LogP contribution in [0, 0.1) is 0 Å². The van der Waals surface area contributed by atoms with Crippen LogP contribution >= 0.6 is 15.9 Å². The topological polar surface area (TPSA) is 201 Å². The number of fused-ring (bicyclic) bond motifs is 9. The predicted molar refractivity (Wildman–Crippen MR) is 326 cm³/mol. The van der Waals surface area contributed by atoms with Crippen molar-refractivity contribution >= 4 is 48.6 Å². The van der Waals surface area contributed by atoms with Crippen LogP contribution in [0.1, 0.15) is 93.4 Å². The summed E-state index contributed by atoms with van der Waals surface area (Å²) in [6.07, 6.45) is 8.34. The van der Waals surface area contributed by atoms with E-state index in [0.29, 0.717) is 94.4 Å². The maximum absolute atomic E-state index is 13.0. The molecule has 464 valence electrons. The largest absolute Gasteiger partial charge is 0.434 e. The number of alkyl halides is 6. The number of hydrogen-bond acceptors (Lipinski definition) is 12. The van der Waals surface area contributed by atoms with Gasteiger partial charge in [-0.1, -0.05) is 82.7 Å². The molecule has 18 nitrogen and oxygen atoms in total. The molecule has 5 aromatic heterocycles. The summed E-state index contributed by atoms with van der Waals surface area (Å²) in [4.78, 5) is 55.6. The number of rotatable bonds is 13. The molecule has 8 heterocycles. The van der Waals surface area contributed by atoms with E-state index < -0.39 is 31.0 Å². The molecule has 2 unspecified atom stereocenters. The van der Waals surface area contributed by atoms with E-state index in [9.17, 15) is 50.9 Å². The summed E-state index contributed by atoms with van der Waals surface area (Å²) in [7, 11) is 0. The first-order valence-corrected chi connectivity index (χ1v) is 29.5. The first kappa shape index (κ1) is 60.9. The van der Waals surface area contributed by atoms with Crippen LogP contribution in [0.4, 0.5) is 26.3 Å². The Balaban J connectivity index is 0.000000133. The third kappa shape index (κ3) is 11.7. The van der Waals surface area contributed by atoms with Gasteiger partial charge in [-0.2, -0.15) is 26.3 Å². The third-order valence-electron chi connectivity index (χ3n) is 16.1. The van der Waals surface area contributed by atoms with Crippen molar-refractivity contribution in [3.05, 3.63) is 216 Å². The number of ether oxygens (including phenoxy) is 3. The van der Waals surface area contributed by atoms with Crippen LogP contribution in [0.3, 0.4) is 0 Å². The van der Waals surface area contributed by atoms with Crippen molar-refractivity contribution in [3.8, 4) is 39.5 Å². The first-order valence-electron chi connectivity index (χ1n) is 28.7. The lowest BCUT2D eigenvalue weighted by atomic mass is 10.0. The average molecular weight is 1300 g/mol. The van der Waals surface area contributed by atoms with Gasteiger partial charge in [-0.3, -0.25) is 28.4 Å². The van der Waals surface area contributed by atoms with Crippen LogP contribution in [-0.2, 0) is 30.8 Å².